The Morgan fingerprint density at radius 2 is 1.86 bits per heavy atom. The molecule has 10 nitrogen and oxygen atoms in total. The Morgan fingerprint density at radius 3 is 2.57 bits per heavy atom. The van der Waals surface area contributed by atoms with Crippen molar-refractivity contribution in [3.8, 4) is 17.8 Å². The van der Waals surface area contributed by atoms with Crippen LogP contribution in [0.4, 0.5) is 4.39 Å². The van der Waals surface area contributed by atoms with Gasteiger partial charge in [-0.05, 0) is 68.6 Å². The second-order valence-corrected chi connectivity index (χ2v) is 11.2. The lowest BCUT2D eigenvalue weighted by atomic mass is 9.98. The highest BCUT2D eigenvalue weighted by Crippen LogP contribution is 2.26. The summed E-state index contributed by atoms with van der Waals surface area (Å²) in [5.41, 5.74) is 2.90. The van der Waals surface area contributed by atoms with Gasteiger partial charge < -0.3 is 23.5 Å². The van der Waals surface area contributed by atoms with Crippen molar-refractivity contribution in [2.24, 2.45) is 5.92 Å². The van der Waals surface area contributed by atoms with Crippen LogP contribution in [0.2, 0.25) is 0 Å². The number of halogens is 1. The van der Waals surface area contributed by atoms with Gasteiger partial charge >= 0.3 is 5.97 Å². The smallest absolute Gasteiger partial charge is 0.337 e. The second-order valence-electron chi connectivity index (χ2n) is 11.2. The minimum atomic E-state index is -0.486. The van der Waals surface area contributed by atoms with Crippen LogP contribution in [0.5, 0.6) is 11.8 Å². The van der Waals surface area contributed by atoms with Crippen LogP contribution in [-0.2, 0) is 29.2 Å². The Kier molecular flexibility index (Phi) is 9.00. The zero-order chi connectivity index (χ0) is 30.5. The van der Waals surface area contributed by atoms with Crippen molar-refractivity contribution in [3.05, 3.63) is 82.9 Å². The molecule has 6 rings (SSSR count). The quantitative estimate of drug-likeness (QED) is 0.223. The van der Waals surface area contributed by atoms with E-state index < -0.39 is 5.82 Å². The van der Waals surface area contributed by atoms with Gasteiger partial charge in [0.05, 0.1) is 61.1 Å². The van der Waals surface area contributed by atoms with Crippen LogP contribution in [0.1, 0.15) is 46.6 Å². The molecule has 0 saturated carbocycles. The maximum atomic E-state index is 14.2. The lowest BCUT2D eigenvalue weighted by molar-refractivity contribution is -0.0592. The van der Waals surface area contributed by atoms with Gasteiger partial charge in [0.15, 0.2) is 0 Å². The second kappa shape index (κ2) is 13.4. The van der Waals surface area contributed by atoms with Crippen LogP contribution in [0, 0.1) is 23.1 Å². The third-order valence-corrected chi connectivity index (χ3v) is 8.22. The van der Waals surface area contributed by atoms with Gasteiger partial charge in [-0.1, -0.05) is 12.1 Å². The van der Waals surface area contributed by atoms with Crippen LogP contribution in [0.25, 0.3) is 11.0 Å². The first-order valence-electron chi connectivity index (χ1n) is 14.8. The minimum absolute atomic E-state index is 0.000376. The van der Waals surface area contributed by atoms with E-state index in [-0.39, 0.29) is 24.2 Å². The SMILES string of the molecule is COC(=O)c1ccc2nc(CN3CCC(COc4cccc(OCc5ccc(C#N)cc5F)n4)CC3)n(C[C@@H]3CCO3)c2c1. The molecule has 0 radical (unpaired) electrons. The fraction of sp³-hybridized carbons (Fsp3) is 0.394. The summed E-state index contributed by atoms with van der Waals surface area (Å²) in [5, 5.41) is 8.91. The number of likely N-dealkylation sites (tertiary alicyclic amines) is 1. The number of nitrogens with zero attached hydrogens (tertiary/aromatic N) is 5. The number of benzene rings is 2. The molecule has 4 heterocycles. The number of aromatic nitrogens is 3. The number of imidazole rings is 1. The Balaban J connectivity index is 1.02. The average Bonchev–Trinajstić information content (AvgIpc) is 3.37. The molecule has 4 aromatic rings. The van der Waals surface area contributed by atoms with Gasteiger partial charge in [0.25, 0.3) is 0 Å². The maximum absolute atomic E-state index is 14.2. The number of nitriles is 1. The molecule has 0 unspecified atom stereocenters. The lowest BCUT2D eigenvalue weighted by Gasteiger charge is -2.32. The monoisotopic (exact) mass is 599 g/mol. The molecule has 0 aliphatic carbocycles. The first-order valence-corrected chi connectivity index (χ1v) is 14.8. The van der Waals surface area contributed by atoms with E-state index in [0.29, 0.717) is 48.5 Å². The largest absolute Gasteiger partial charge is 0.477 e. The molecule has 0 spiro atoms. The van der Waals surface area contributed by atoms with E-state index >= 15 is 0 Å². The van der Waals surface area contributed by atoms with Crippen molar-refractivity contribution < 1.29 is 28.1 Å². The Bertz CT molecular complexity index is 1670. The van der Waals surface area contributed by atoms with E-state index in [2.05, 4.69) is 14.5 Å². The van der Waals surface area contributed by atoms with Gasteiger partial charge in [-0.2, -0.15) is 10.2 Å². The molecule has 1 atom stereocenters. The van der Waals surface area contributed by atoms with Crippen LogP contribution < -0.4 is 9.47 Å². The van der Waals surface area contributed by atoms with E-state index in [4.69, 9.17) is 29.2 Å². The van der Waals surface area contributed by atoms with Gasteiger partial charge in [0.1, 0.15) is 18.2 Å². The number of hydrogen-bond donors (Lipinski definition) is 0. The van der Waals surface area contributed by atoms with Gasteiger partial charge in [-0.15, -0.1) is 0 Å². The zero-order valence-corrected chi connectivity index (χ0v) is 24.6. The fourth-order valence-corrected chi connectivity index (χ4v) is 5.53. The molecule has 2 aliphatic rings. The highest BCUT2D eigenvalue weighted by atomic mass is 19.1. The Labute approximate surface area is 254 Å². The number of ether oxygens (including phenoxy) is 4. The molecule has 0 N–H and O–H groups in total. The summed E-state index contributed by atoms with van der Waals surface area (Å²) < 4.78 is 38.7. The third kappa shape index (κ3) is 6.82. The summed E-state index contributed by atoms with van der Waals surface area (Å²) in [7, 11) is 1.39. The normalized spacial score (nSPS) is 17.2. The summed E-state index contributed by atoms with van der Waals surface area (Å²) in [6.07, 6.45) is 3.13. The number of rotatable bonds is 11. The summed E-state index contributed by atoms with van der Waals surface area (Å²) in [4.78, 5) is 23.9. The number of hydrogen-bond acceptors (Lipinski definition) is 9. The molecule has 0 amide bonds. The summed E-state index contributed by atoms with van der Waals surface area (Å²) in [5.74, 6) is 1.31. The number of carbonyl (C=O) groups is 1. The molecule has 0 bridgehead atoms. The molecule has 2 aliphatic heterocycles. The van der Waals surface area contributed by atoms with Crippen LogP contribution in [0.15, 0.2) is 54.6 Å². The fourth-order valence-electron chi connectivity index (χ4n) is 5.53. The predicted octanol–water partition coefficient (Wildman–Crippen LogP) is 4.89. The van der Waals surface area contributed by atoms with Crippen molar-refractivity contribution in [3.63, 3.8) is 0 Å². The molecule has 228 valence electrons. The minimum Gasteiger partial charge on any atom is -0.477 e. The number of esters is 1. The zero-order valence-electron chi connectivity index (χ0n) is 24.6. The molecular formula is C33H34FN5O5. The molecule has 11 heteroatoms. The van der Waals surface area contributed by atoms with Crippen molar-refractivity contribution in [1.29, 1.82) is 5.26 Å². The number of fused-ring (bicyclic) bond motifs is 1. The van der Waals surface area contributed by atoms with E-state index in [9.17, 15) is 9.18 Å². The molecule has 2 saturated heterocycles. The predicted molar refractivity (Wildman–Crippen MR) is 159 cm³/mol. The summed E-state index contributed by atoms with van der Waals surface area (Å²) in [6, 6.07) is 17.0. The number of piperidine rings is 1. The van der Waals surface area contributed by atoms with Gasteiger partial charge in [-0.25, -0.2) is 14.2 Å². The van der Waals surface area contributed by atoms with Gasteiger partial charge in [-0.3, -0.25) is 4.90 Å². The van der Waals surface area contributed by atoms with Crippen LogP contribution in [0.3, 0.4) is 0 Å². The highest BCUT2D eigenvalue weighted by Gasteiger charge is 2.25. The standard InChI is InChI=1S/C33H34FN5O5/c1-41-33(40)24-7-8-28-29(16-24)39(18-26-11-14-42-26)30(36-28)19-38-12-9-22(10-13-38)20-43-31-3-2-4-32(37-31)44-21-25-6-5-23(17-35)15-27(25)34/h2-8,15-16,22,26H,9-14,18-21H2,1H3/t26-/m0/s1. The number of carbonyl (C=O) groups excluding carboxylic acids is 1. The lowest BCUT2D eigenvalue weighted by Crippen LogP contribution is -2.37. The number of methoxy groups -OCH3 is 1. The van der Waals surface area contributed by atoms with E-state index in [1.807, 2.05) is 18.2 Å². The summed E-state index contributed by atoms with van der Waals surface area (Å²) >= 11 is 0. The van der Waals surface area contributed by atoms with Gasteiger partial charge in [0, 0.05) is 24.3 Å². The topological polar surface area (TPSA) is 112 Å². The molecule has 44 heavy (non-hydrogen) atoms. The molecule has 2 aromatic heterocycles. The molecular weight excluding hydrogens is 565 g/mol. The van der Waals surface area contributed by atoms with Crippen molar-refractivity contribution in [2.75, 3.05) is 33.4 Å². The third-order valence-electron chi connectivity index (χ3n) is 8.22. The van der Waals surface area contributed by atoms with Crippen LogP contribution in [-0.4, -0.2) is 64.9 Å². The summed E-state index contributed by atoms with van der Waals surface area (Å²) in [6.45, 7) is 4.57. The Hall–Kier alpha value is -4.53. The van der Waals surface area contributed by atoms with E-state index in [1.165, 1.54) is 13.2 Å². The Morgan fingerprint density at radius 1 is 1.07 bits per heavy atom. The van der Waals surface area contributed by atoms with E-state index in [0.717, 1.165) is 55.8 Å². The van der Waals surface area contributed by atoms with Crippen LogP contribution >= 0.6 is 0 Å². The van der Waals surface area contributed by atoms with Gasteiger partial charge in [0.2, 0.25) is 11.8 Å². The number of pyridine rings is 1. The first kappa shape index (κ1) is 29.5. The van der Waals surface area contributed by atoms with Crippen molar-refractivity contribution in [1.82, 2.24) is 19.4 Å². The molecule has 2 fully saturated rings. The van der Waals surface area contributed by atoms with E-state index in [1.54, 1.807) is 36.4 Å². The van der Waals surface area contributed by atoms with Crippen molar-refractivity contribution >= 4 is 17.0 Å². The maximum Gasteiger partial charge on any atom is 0.337 e. The van der Waals surface area contributed by atoms with Crippen molar-refractivity contribution in [2.45, 2.75) is 45.1 Å². The molecule has 2 aromatic carbocycles. The highest BCUT2D eigenvalue weighted by molar-refractivity contribution is 5.93. The average molecular weight is 600 g/mol. The first-order chi connectivity index (χ1) is 21.5.